The van der Waals surface area contributed by atoms with Crippen molar-refractivity contribution in [2.75, 3.05) is 39.8 Å². The lowest BCUT2D eigenvalue weighted by atomic mass is 9.98. The summed E-state index contributed by atoms with van der Waals surface area (Å²) in [6.07, 6.45) is 6.71. The van der Waals surface area contributed by atoms with Gasteiger partial charge in [0.15, 0.2) is 17.4 Å². The van der Waals surface area contributed by atoms with Crippen LogP contribution < -0.4 is 4.74 Å². The number of piperidine rings is 1. The van der Waals surface area contributed by atoms with Crippen molar-refractivity contribution >= 4 is 5.91 Å². The van der Waals surface area contributed by atoms with E-state index in [4.69, 9.17) is 4.74 Å². The number of hydrogen-bond acceptors (Lipinski definition) is 5. The summed E-state index contributed by atoms with van der Waals surface area (Å²) in [6, 6.07) is 2.43. The van der Waals surface area contributed by atoms with Gasteiger partial charge in [-0.3, -0.25) is 4.79 Å². The largest absolute Gasteiger partial charge is 0.487 e. The molecule has 30 heavy (non-hydrogen) atoms. The number of nitrogens with zero attached hydrogens (tertiary/aromatic N) is 4. The molecule has 0 atom stereocenters. The third-order valence-electron chi connectivity index (χ3n) is 5.87. The molecule has 1 aromatic carbocycles. The number of halogens is 2. The molecule has 4 rings (SSSR count). The number of rotatable bonds is 5. The van der Waals surface area contributed by atoms with Gasteiger partial charge in [-0.05, 0) is 69.4 Å². The molecule has 2 aliphatic rings. The average molecular weight is 416 g/mol. The molecule has 2 fully saturated rings. The quantitative estimate of drug-likeness (QED) is 0.748. The van der Waals surface area contributed by atoms with E-state index in [-0.39, 0.29) is 17.5 Å². The zero-order chi connectivity index (χ0) is 21.1. The molecule has 0 radical (unpaired) electrons. The number of ether oxygens (including phenoxy) is 1. The first-order chi connectivity index (χ1) is 14.5. The number of aromatic nitrogens is 2. The number of amides is 1. The molecule has 3 heterocycles. The fraction of sp³-hybridized carbons (Fsp3) is 0.500. The highest BCUT2D eigenvalue weighted by atomic mass is 19.1. The van der Waals surface area contributed by atoms with Crippen LogP contribution in [0.5, 0.6) is 5.75 Å². The van der Waals surface area contributed by atoms with E-state index < -0.39 is 11.6 Å². The van der Waals surface area contributed by atoms with Gasteiger partial charge >= 0.3 is 0 Å². The molecule has 2 aromatic rings. The zero-order valence-electron chi connectivity index (χ0n) is 17.1. The van der Waals surface area contributed by atoms with Gasteiger partial charge in [-0.1, -0.05) is 0 Å². The van der Waals surface area contributed by atoms with Gasteiger partial charge in [0.2, 0.25) is 5.82 Å². The van der Waals surface area contributed by atoms with Gasteiger partial charge in [0.05, 0.1) is 6.61 Å². The van der Waals surface area contributed by atoms with Crippen molar-refractivity contribution in [3.63, 3.8) is 0 Å². The molecular weight excluding hydrogens is 390 g/mol. The Kier molecular flexibility index (Phi) is 6.22. The summed E-state index contributed by atoms with van der Waals surface area (Å²) >= 11 is 0. The predicted molar refractivity (Wildman–Crippen MR) is 108 cm³/mol. The van der Waals surface area contributed by atoms with Crippen LogP contribution in [-0.4, -0.2) is 65.5 Å². The Labute approximate surface area is 174 Å². The summed E-state index contributed by atoms with van der Waals surface area (Å²) in [5, 5.41) is 0. The van der Waals surface area contributed by atoms with Crippen LogP contribution in [0.15, 0.2) is 24.5 Å². The summed E-state index contributed by atoms with van der Waals surface area (Å²) in [5.74, 6) is -1.67. The van der Waals surface area contributed by atoms with Gasteiger partial charge in [0.25, 0.3) is 5.91 Å². The van der Waals surface area contributed by atoms with E-state index >= 15 is 0 Å². The van der Waals surface area contributed by atoms with E-state index in [1.165, 1.54) is 24.5 Å². The molecule has 6 nitrogen and oxygen atoms in total. The summed E-state index contributed by atoms with van der Waals surface area (Å²) in [5.41, 5.74) is 0.740. The van der Waals surface area contributed by atoms with Crippen LogP contribution in [0, 0.1) is 17.6 Å². The third kappa shape index (κ3) is 4.59. The Bertz CT molecular complexity index is 870. The van der Waals surface area contributed by atoms with E-state index in [0.717, 1.165) is 38.8 Å². The van der Waals surface area contributed by atoms with Crippen LogP contribution in [0.25, 0.3) is 11.1 Å². The lowest BCUT2D eigenvalue weighted by molar-refractivity contribution is 0.0780. The second-order valence-electron chi connectivity index (χ2n) is 8.12. The van der Waals surface area contributed by atoms with Gasteiger partial charge in [-0.2, -0.15) is 0 Å². The first-order valence-corrected chi connectivity index (χ1v) is 10.4. The maximum atomic E-state index is 14.5. The van der Waals surface area contributed by atoms with Crippen molar-refractivity contribution in [2.45, 2.75) is 25.7 Å². The number of carbonyl (C=O) groups excluding carboxylic acids is 1. The average Bonchev–Trinajstić information content (AvgIpc) is 3.29. The second-order valence-corrected chi connectivity index (χ2v) is 8.12. The normalized spacial score (nSPS) is 18.0. The maximum absolute atomic E-state index is 14.5. The summed E-state index contributed by atoms with van der Waals surface area (Å²) in [7, 11) is 2.06. The second kappa shape index (κ2) is 9.04. The molecule has 1 amide bonds. The van der Waals surface area contributed by atoms with Crippen LogP contribution in [0.2, 0.25) is 0 Å². The van der Waals surface area contributed by atoms with Crippen LogP contribution in [-0.2, 0) is 0 Å². The molecule has 0 saturated carbocycles. The number of carbonyl (C=O) groups is 1. The smallest absolute Gasteiger partial charge is 0.291 e. The number of benzene rings is 1. The van der Waals surface area contributed by atoms with Crippen LogP contribution in [0.3, 0.4) is 0 Å². The molecule has 2 aliphatic heterocycles. The van der Waals surface area contributed by atoms with Gasteiger partial charge in [0, 0.05) is 31.0 Å². The Balaban J connectivity index is 1.44. The van der Waals surface area contributed by atoms with Gasteiger partial charge < -0.3 is 14.5 Å². The van der Waals surface area contributed by atoms with E-state index in [2.05, 4.69) is 21.9 Å². The first-order valence-electron chi connectivity index (χ1n) is 10.4. The van der Waals surface area contributed by atoms with E-state index in [0.29, 0.717) is 36.7 Å². The monoisotopic (exact) mass is 416 g/mol. The standard InChI is InChI=1S/C22H26F2N4O2/c1-27-8-4-15(5-9-27)14-30-20-18(23)10-16(11-19(20)24)17-12-25-21(26-13-17)22(29)28-6-2-3-7-28/h10-13,15H,2-9,14H2,1H3. The van der Waals surface area contributed by atoms with E-state index in [1.54, 1.807) is 4.90 Å². The third-order valence-corrected chi connectivity index (χ3v) is 5.87. The lowest BCUT2D eigenvalue weighted by Crippen LogP contribution is -2.32. The molecule has 0 aliphatic carbocycles. The SMILES string of the molecule is CN1CCC(COc2c(F)cc(-c3cnc(C(=O)N4CCCC4)nc3)cc2F)CC1. The molecule has 160 valence electrons. The highest BCUT2D eigenvalue weighted by molar-refractivity contribution is 5.90. The molecule has 0 unspecified atom stereocenters. The minimum atomic E-state index is -0.754. The predicted octanol–water partition coefficient (Wildman–Crippen LogP) is 3.38. The van der Waals surface area contributed by atoms with Crippen molar-refractivity contribution in [2.24, 2.45) is 5.92 Å². The molecule has 8 heteroatoms. The Morgan fingerprint density at radius 1 is 1.03 bits per heavy atom. The van der Waals surface area contributed by atoms with Crippen molar-refractivity contribution in [1.82, 2.24) is 19.8 Å². The highest BCUT2D eigenvalue weighted by Gasteiger charge is 2.22. The molecule has 0 N–H and O–H groups in total. The molecule has 1 aromatic heterocycles. The Morgan fingerprint density at radius 2 is 1.63 bits per heavy atom. The minimum absolute atomic E-state index is 0.0969. The van der Waals surface area contributed by atoms with E-state index in [1.807, 2.05) is 0 Å². The maximum Gasteiger partial charge on any atom is 0.291 e. The topological polar surface area (TPSA) is 58.6 Å². The van der Waals surface area contributed by atoms with Crippen LogP contribution in [0.4, 0.5) is 8.78 Å². The Hall–Kier alpha value is -2.61. The number of hydrogen-bond donors (Lipinski definition) is 0. The van der Waals surface area contributed by atoms with Crippen molar-refractivity contribution in [3.05, 3.63) is 42.0 Å². The zero-order valence-corrected chi connectivity index (χ0v) is 17.1. The first kappa shape index (κ1) is 20.7. The molecule has 2 saturated heterocycles. The summed E-state index contributed by atoms with van der Waals surface area (Å²) < 4.78 is 34.6. The minimum Gasteiger partial charge on any atom is -0.487 e. The van der Waals surface area contributed by atoms with Crippen LogP contribution in [0.1, 0.15) is 36.3 Å². The molecule has 0 bridgehead atoms. The Morgan fingerprint density at radius 3 is 2.23 bits per heavy atom. The fourth-order valence-electron chi connectivity index (χ4n) is 3.94. The van der Waals surface area contributed by atoms with E-state index in [9.17, 15) is 13.6 Å². The van der Waals surface area contributed by atoms with Crippen LogP contribution >= 0.6 is 0 Å². The van der Waals surface area contributed by atoms with Gasteiger partial charge in [0.1, 0.15) is 0 Å². The van der Waals surface area contributed by atoms with Crippen molar-refractivity contribution < 1.29 is 18.3 Å². The summed E-state index contributed by atoms with van der Waals surface area (Å²) in [4.78, 5) is 24.5. The van der Waals surface area contributed by atoms with Crippen molar-refractivity contribution in [3.8, 4) is 16.9 Å². The fourth-order valence-corrected chi connectivity index (χ4v) is 3.94. The van der Waals surface area contributed by atoms with Gasteiger partial charge in [-0.25, -0.2) is 18.7 Å². The molecule has 0 spiro atoms. The lowest BCUT2D eigenvalue weighted by Gasteiger charge is -2.28. The van der Waals surface area contributed by atoms with Crippen molar-refractivity contribution in [1.29, 1.82) is 0 Å². The summed E-state index contributed by atoms with van der Waals surface area (Å²) in [6.45, 7) is 3.65. The molecular formula is C22H26F2N4O2. The number of likely N-dealkylation sites (tertiary alicyclic amines) is 2. The van der Waals surface area contributed by atoms with Gasteiger partial charge in [-0.15, -0.1) is 0 Å². The highest BCUT2D eigenvalue weighted by Crippen LogP contribution is 2.29.